The van der Waals surface area contributed by atoms with Gasteiger partial charge in [-0.1, -0.05) is 25.1 Å². The predicted molar refractivity (Wildman–Crippen MR) is 109 cm³/mol. The number of rotatable bonds is 8. The molecule has 0 aliphatic heterocycles. The Labute approximate surface area is 169 Å². The minimum atomic E-state index is -0.708. The van der Waals surface area contributed by atoms with Crippen molar-refractivity contribution in [2.24, 2.45) is 0 Å². The Bertz CT molecular complexity index is 955. The van der Waals surface area contributed by atoms with Crippen LogP contribution < -0.4 is 10.6 Å². The van der Waals surface area contributed by atoms with E-state index in [1.807, 2.05) is 48.9 Å². The van der Waals surface area contributed by atoms with Crippen LogP contribution in [0, 0.1) is 11.3 Å². The van der Waals surface area contributed by atoms with E-state index in [1.165, 1.54) is 6.08 Å². The van der Waals surface area contributed by atoms with Crippen molar-refractivity contribution in [2.75, 3.05) is 6.61 Å². The van der Waals surface area contributed by atoms with Crippen LogP contribution in [0.2, 0.25) is 0 Å². The molecule has 29 heavy (non-hydrogen) atoms. The van der Waals surface area contributed by atoms with E-state index in [-0.39, 0.29) is 6.04 Å². The second kappa shape index (κ2) is 10.7. The zero-order valence-electron chi connectivity index (χ0n) is 16.5. The molecule has 8 nitrogen and oxygen atoms in total. The number of hydrogen-bond acceptors (Lipinski definition) is 5. The van der Waals surface area contributed by atoms with E-state index in [4.69, 9.17) is 10.00 Å². The molecule has 0 aliphatic carbocycles. The summed E-state index contributed by atoms with van der Waals surface area (Å²) in [5.41, 5.74) is 1.76. The number of ether oxygens (including phenoxy) is 1. The van der Waals surface area contributed by atoms with Crippen molar-refractivity contribution in [1.29, 1.82) is 5.26 Å². The minimum absolute atomic E-state index is 0.0661. The van der Waals surface area contributed by atoms with Gasteiger partial charge in [-0.3, -0.25) is 10.1 Å². The van der Waals surface area contributed by atoms with Crippen molar-refractivity contribution >= 4 is 34.9 Å². The number of urea groups is 1. The van der Waals surface area contributed by atoms with Gasteiger partial charge in [-0.25, -0.2) is 9.59 Å². The Kier molecular flexibility index (Phi) is 7.98. The van der Waals surface area contributed by atoms with Crippen LogP contribution in [0.15, 0.2) is 36.5 Å². The van der Waals surface area contributed by atoms with E-state index in [1.54, 1.807) is 6.08 Å². The summed E-state index contributed by atoms with van der Waals surface area (Å²) in [5, 5.41) is 14.4. The zero-order valence-corrected chi connectivity index (χ0v) is 16.5. The van der Waals surface area contributed by atoms with Crippen LogP contribution in [0.3, 0.4) is 0 Å². The standard InChI is InChI=1S/C21H24N4O4/c1-3-15(2)23-21(28)24-19(26)14-29-20(27)10-9-16-13-25(12-6-11-22)18-8-5-4-7-17(16)18/h4-5,7-10,13,15H,3,6,12,14H2,1-2H3,(H2,23,24,26,28)/b10-9+/t15-/m1/s1. The number of fused-ring (bicyclic) bond motifs is 1. The quantitative estimate of drug-likeness (QED) is 0.526. The van der Waals surface area contributed by atoms with Crippen molar-refractivity contribution in [1.82, 2.24) is 15.2 Å². The summed E-state index contributed by atoms with van der Waals surface area (Å²) in [5.74, 6) is -1.41. The highest BCUT2D eigenvalue weighted by Gasteiger charge is 2.11. The van der Waals surface area contributed by atoms with Gasteiger partial charge in [-0.15, -0.1) is 0 Å². The molecule has 2 N–H and O–H groups in total. The number of aromatic nitrogens is 1. The largest absolute Gasteiger partial charge is 0.452 e. The SMILES string of the molecule is CC[C@@H](C)NC(=O)NC(=O)COC(=O)/C=C/c1cn(CCC#N)c2ccccc12. The van der Waals surface area contributed by atoms with Crippen LogP contribution in [0.25, 0.3) is 17.0 Å². The molecule has 0 fully saturated rings. The summed E-state index contributed by atoms with van der Waals surface area (Å²) in [6, 6.07) is 9.09. The molecule has 3 amide bonds. The number of benzene rings is 1. The van der Waals surface area contributed by atoms with Gasteiger partial charge in [0, 0.05) is 41.3 Å². The molecule has 1 heterocycles. The number of nitrogens with one attached hydrogen (secondary N) is 2. The number of carbonyl (C=O) groups excluding carboxylic acids is 3. The average Bonchev–Trinajstić information content (AvgIpc) is 3.06. The van der Waals surface area contributed by atoms with Gasteiger partial charge in [0.15, 0.2) is 6.61 Å². The number of para-hydroxylation sites is 1. The van der Waals surface area contributed by atoms with Crippen LogP contribution >= 0.6 is 0 Å². The molecule has 0 saturated carbocycles. The molecule has 0 aliphatic rings. The molecule has 1 aromatic heterocycles. The third-order valence-corrected chi connectivity index (χ3v) is 4.27. The summed E-state index contributed by atoms with van der Waals surface area (Å²) in [4.78, 5) is 35.1. The molecule has 0 unspecified atom stereocenters. The van der Waals surface area contributed by atoms with E-state index < -0.39 is 24.5 Å². The van der Waals surface area contributed by atoms with Crippen LogP contribution in [0.5, 0.6) is 0 Å². The maximum atomic E-state index is 11.9. The number of hydrogen-bond donors (Lipinski definition) is 2. The maximum absolute atomic E-state index is 11.9. The highest BCUT2D eigenvalue weighted by atomic mass is 16.5. The van der Waals surface area contributed by atoms with Crippen molar-refractivity contribution < 1.29 is 19.1 Å². The highest BCUT2D eigenvalue weighted by Crippen LogP contribution is 2.22. The molecule has 152 valence electrons. The number of imide groups is 1. The first kappa shape index (κ1) is 21.7. The lowest BCUT2D eigenvalue weighted by molar-refractivity contribution is -0.143. The van der Waals surface area contributed by atoms with Crippen LogP contribution in [0.1, 0.15) is 32.3 Å². The number of nitriles is 1. The number of amides is 3. The lowest BCUT2D eigenvalue weighted by Crippen LogP contribution is -2.44. The lowest BCUT2D eigenvalue weighted by atomic mass is 10.1. The Balaban J connectivity index is 1.93. The van der Waals surface area contributed by atoms with Gasteiger partial charge >= 0.3 is 12.0 Å². The van der Waals surface area contributed by atoms with Crippen LogP contribution in [0.4, 0.5) is 4.79 Å². The summed E-state index contributed by atoms with van der Waals surface area (Å²) in [6.45, 7) is 3.71. The second-order valence-electron chi connectivity index (χ2n) is 6.48. The molecular formula is C21H24N4O4. The Hall–Kier alpha value is -3.60. The van der Waals surface area contributed by atoms with Crippen molar-refractivity contribution in [3.8, 4) is 6.07 Å². The number of carbonyl (C=O) groups is 3. The third kappa shape index (κ3) is 6.50. The molecule has 1 aromatic carbocycles. The Morgan fingerprint density at radius 2 is 2.07 bits per heavy atom. The Morgan fingerprint density at radius 1 is 1.31 bits per heavy atom. The third-order valence-electron chi connectivity index (χ3n) is 4.27. The fraction of sp³-hybridized carbons (Fsp3) is 0.333. The predicted octanol–water partition coefficient (Wildman–Crippen LogP) is 2.74. The van der Waals surface area contributed by atoms with Gasteiger partial charge in [-0.2, -0.15) is 5.26 Å². The van der Waals surface area contributed by atoms with Gasteiger partial charge in [0.05, 0.1) is 12.5 Å². The lowest BCUT2D eigenvalue weighted by Gasteiger charge is -2.11. The maximum Gasteiger partial charge on any atom is 0.331 e. The van der Waals surface area contributed by atoms with E-state index >= 15 is 0 Å². The van der Waals surface area contributed by atoms with Gasteiger partial charge in [0.25, 0.3) is 5.91 Å². The zero-order chi connectivity index (χ0) is 21.2. The van der Waals surface area contributed by atoms with E-state index in [2.05, 4.69) is 16.7 Å². The van der Waals surface area contributed by atoms with E-state index in [0.717, 1.165) is 22.9 Å². The molecule has 0 saturated heterocycles. The molecule has 0 bridgehead atoms. The summed E-state index contributed by atoms with van der Waals surface area (Å²) in [6.07, 6.45) is 5.79. The monoisotopic (exact) mass is 396 g/mol. The van der Waals surface area contributed by atoms with Gasteiger partial charge in [0.1, 0.15) is 0 Å². The molecule has 0 radical (unpaired) electrons. The first-order valence-electron chi connectivity index (χ1n) is 9.34. The summed E-state index contributed by atoms with van der Waals surface area (Å²) in [7, 11) is 0. The molecular weight excluding hydrogens is 372 g/mol. The Morgan fingerprint density at radius 3 is 2.79 bits per heavy atom. The molecule has 2 rings (SSSR count). The normalized spacial score (nSPS) is 11.8. The van der Waals surface area contributed by atoms with Crippen LogP contribution in [-0.4, -0.2) is 35.1 Å². The van der Waals surface area contributed by atoms with E-state index in [0.29, 0.717) is 13.0 Å². The van der Waals surface area contributed by atoms with Crippen molar-refractivity contribution in [3.05, 3.63) is 42.1 Å². The number of aryl methyl sites for hydroxylation is 1. The summed E-state index contributed by atoms with van der Waals surface area (Å²) < 4.78 is 6.83. The van der Waals surface area contributed by atoms with Crippen molar-refractivity contribution in [3.63, 3.8) is 0 Å². The summed E-state index contributed by atoms with van der Waals surface area (Å²) >= 11 is 0. The average molecular weight is 396 g/mol. The molecule has 8 heteroatoms. The first-order valence-corrected chi connectivity index (χ1v) is 9.34. The topological polar surface area (TPSA) is 113 Å². The number of esters is 1. The molecule has 2 aromatic rings. The van der Waals surface area contributed by atoms with Gasteiger partial charge in [-0.05, 0) is 25.5 Å². The van der Waals surface area contributed by atoms with Gasteiger partial charge < -0.3 is 14.6 Å². The number of nitrogens with zero attached hydrogens (tertiary/aromatic N) is 2. The first-order chi connectivity index (χ1) is 13.9. The minimum Gasteiger partial charge on any atom is -0.452 e. The smallest absolute Gasteiger partial charge is 0.331 e. The van der Waals surface area contributed by atoms with Gasteiger partial charge in [0.2, 0.25) is 0 Å². The van der Waals surface area contributed by atoms with Crippen molar-refractivity contribution in [2.45, 2.75) is 39.3 Å². The fourth-order valence-electron chi connectivity index (χ4n) is 2.63. The molecule has 0 spiro atoms. The van der Waals surface area contributed by atoms with E-state index in [9.17, 15) is 14.4 Å². The molecule has 1 atom stereocenters. The van der Waals surface area contributed by atoms with Crippen LogP contribution in [-0.2, 0) is 20.9 Å². The second-order valence-corrected chi connectivity index (χ2v) is 6.48. The highest BCUT2D eigenvalue weighted by molar-refractivity contribution is 5.97. The fourth-order valence-corrected chi connectivity index (χ4v) is 2.63.